The van der Waals surface area contributed by atoms with Gasteiger partial charge >= 0.3 is 0 Å². The van der Waals surface area contributed by atoms with E-state index in [1.165, 1.54) is 6.92 Å². The Labute approximate surface area is 156 Å². The molecule has 0 aliphatic heterocycles. The lowest BCUT2D eigenvalue weighted by molar-refractivity contribution is -0.112. The third-order valence-corrected chi connectivity index (χ3v) is 4.07. The van der Waals surface area contributed by atoms with Crippen LogP contribution in [0.15, 0.2) is 83.5 Å². The van der Waals surface area contributed by atoms with Crippen LogP contribution < -0.4 is 4.74 Å². The first-order valence-corrected chi connectivity index (χ1v) is 8.59. The van der Waals surface area contributed by atoms with Crippen LogP contribution in [-0.2, 0) is 4.79 Å². The Bertz CT molecular complexity index is 1110. The van der Waals surface area contributed by atoms with Gasteiger partial charge in [-0.3, -0.25) is 4.79 Å². The molecular weight excluding hydrogens is 338 g/mol. The number of hydrogen-bond donors (Lipinski definition) is 0. The molecule has 0 aliphatic rings. The Morgan fingerprint density at radius 3 is 2.59 bits per heavy atom. The largest absolute Gasteiger partial charge is 0.463 e. The van der Waals surface area contributed by atoms with E-state index in [4.69, 9.17) is 9.15 Å². The lowest BCUT2D eigenvalue weighted by Crippen LogP contribution is -1.91. The van der Waals surface area contributed by atoms with E-state index in [1.54, 1.807) is 18.4 Å². The van der Waals surface area contributed by atoms with Crippen molar-refractivity contribution in [2.45, 2.75) is 6.92 Å². The fourth-order valence-electron chi connectivity index (χ4n) is 2.77. The lowest BCUT2D eigenvalue weighted by atomic mass is 10.1. The van der Waals surface area contributed by atoms with Crippen LogP contribution in [0, 0.1) is 0 Å². The highest BCUT2D eigenvalue weighted by Gasteiger charge is 2.11. The lowest BCUT2D eigenvalue weighted by Gasteiger charge is -2.10. The number of benzene rings is 2. The number of carbonyl (C=O) groups is 1. The van der Waals surface area contributed by atoms with Gasteiger partial charge in [0.1, 0.15) is 17.2 Å². The normalized spacial score (nSPS) is 11.1. The van der Waals surface area contributed by atoms with E-state index >= 15 is 0 Å². The number of para-hydroxylation sites is 1. The number of aromatic nitrogens is 1. The SMILES string of the molecule is CC(=O)C=Cc1ccc(Oc2cc(-c3ccco3)nc3ccccc23)cc1. The Hall–Kier alpha value is -3.66. The molecule has 0 fully saturated rings. The van der Waals surface area contributed by atoms with Gasteiger partial charge in [-0.05, 0) is 55.0 Å². The fraction of sp³-hybridized carbons (Fsp3) is 0.0435. The highest BCUT2D eigenvalue weighted by Crippen LogP contribution is 2.33. The van der Waals surface area contributed by atoms with Crippen molar-refractivity contribution in [1.29, 1.82) is 0 Å². The summed E-state index contributed by atoms with van der Waals surface area (Å²) < 4.78 is 11.6. The molecule has 4 aromatic rings. The molecule has 0 radical (unpaired) electrons. The summed E-state index contributed by atoms with van der Waals surface area (Å²) >= 11 is 0. The number of ketones is 1. The number of pyridine rings is 1. The molecule has 0 saturated heterocycles. The van der Waals surface area contributed by atoms with Gasteiger partial charge in [-0.15, -0.1) is 0 Å². The van der Waals surface area contributed by atoms with Crippen LogP contribution in [0.25, 0.3) is 28.4 Å². The molecule has 2 aromatic carbocycles. The second kappa shape index (κ2) is 7.30. The van der Waals surface area contributed by atoms with Gasteiger partial charge in [0, 0.05) is 11.5 Å². The summed E-state index contributed by atoms with van der Waals surface area (Å²) in [6.45, 7) is 1.53. The topological polar surface area (TPSA) is 52.3 Å². The summed E-state index contributed by atoms with van der Waals surface area (Å²) in [5, 5.41) is 0.924. The van der Waals surface area contributed by atoms with Gasteiger partial charge in [0.15, 0.2) is 11.5 Å². The van der Waals surface area contributed by atoms with Gasteiger partial charge in [0.25, 0.3) is 0 Å². The minimum atomic E-state index is 0.0176. The molecule has 0 unspecified atom stereocenters. The molecule has 2 heterocycles. The molecule has 0 amide bonds. The highest BCUT2D eigenvalue weighted by atomic mass is 16.5. The summed E-state index contributed by atoms with van der Waals surface area (Å²) in [5.41, 5.74) is 2.49. The molecule has 4 heteroatoms. The minimum absolute atomic E-state index is 0.0176. The van der Waals surface area contributed by atoms with E-state index in [-0.39, 0.29) is 5.78 Å². The van der Waals surface area contributed by atoms with Gasteiger partial charge in [-0.25, -0.2) is 4.98 Å². The molecule has 27 heavy (non-hydrogen) atoms. The summed E-state index contributed by atoms with van der Waals surface area (Å²) in [7, 11) is 0. The van der Waals surface area contributed by atoms with Crippen LogP contribution in [0.2, 0.25) is 0 Å². The molecule has 2 aromatic heterocycles. The molecule has 0 spiro atoms. The predicted molar refractivity (Wildman–Crippen MR) is 106 cm³/mol. The number of furan rings is 1. The van der Waals surface area contributed by atoms with E-state index in [1.807, 2.05) is 66.7 Å². The molecule has 132 valence electrons. The maximum Gasteiger partial charge on any atom is 0.152 e. The maximum atomic E-state index is 11.1. The molecule has 0 saturated carbocycles. The number of fused-ring (bicyclic) bond motifs is 1. The van der Waals surface area contributed by atoms with E-state index in [0.717, 1.165) is 22.2 Å². The zero-order valence-corrected chi connectivity index (χ0v) is 14.8. The summed E-state index contributed by atoms with van der Waals surface area (Å²) in [6, 6.07) is 21.0. The average molecular weight is 355 g/mol. The van der Waals surface area contributed by atoms with Crippen LogP contribution in [0.3, 0.4) is 0 Å². The van der Waals surface area contributed by atoms with Crippen molar-refractivity contribution < 1.29 is 13.9 Å². The van der Waals surface area contributed by atoms with E-state index in [9.17, 15) is 4.79 Å². The van der Waals surface area contributed by atoms with Gasteiger partial charge in [-0.1, -0.05) is 30.3 Å². The molecule has 0 atom stereocenters. The molecule has 4 rings (SSSR count). The monoisotopic (exact) mass is 355 g/mol. The van der Waals surface area contributed by atoms with Gasteiger partial charge < -0.3 is 9.15 Å². The number of rotatable bonds is 5. The quantitative estimate of drug-likeness (QED) is 0.419. The highest BCUT2D eigenvalue weighted by molar-refractivity contribution is 5.91. The van der Waals surface area contributed by atoms with Crippen molar-refractivity contribution in [2.24, 2.45) is 0 Å². The van der Waals surface area contributed by atoms with Gasteiger partial charge in [0.2, 0.25) is 0 Å². The zero-order valence-electron chi connectivity index (χ0n) is 14.8. The first-order chi connectivity index (χ1) is 13.2. The van der Waals surface area contributed by atoms with Crippen molar-refractivity contribution in [2.75, 3.05) is 0 Å². The van der Waals surface area contributed by atoms with Crippen LogP contribution >= 0.6 is 0 Å². The molecule has 0 N–H and O–H groups in total. The first kappa shape index (κ1) is 16.8. The summed E-state index contributed by atoms with van der Waals surface area (Å²) in [5.74, 6) is 2.12. The Morgan fingerprint density at radius 1 is 1.04 bits per heavy atom. The van der Waals surface area contributed by atoms with Gasteiger partial charge in [0.05, 0.1) is 11.8 Å². The van der Waals surface area contributed by atoms with Crippen LogP contribution in [0.5, 0.6) is 11.5 Å². The number of hydrogen-bond acceptors (Lipinski definition) is 4. The molecule has 0 aliphatic carbocycles. The summed E-state index contributed by atoms with van der Waals surface area (Å²) in [6.07, 6.45) is 4.95. The van der Waals surface area contributed by atoms with Crippen LogP contribution in [0.1, 0.15) is 12.5 Å². The van der Waals surface area contributed by atoms with E-state index in [0.29, 0.717) is 17.3 Å². The zero-order chi connectivity index (χ0) is 18.6. The Morgan fingerprint density at radius 2 is 1.85 bits per heavy atom. The van der Waals surface area contributed by atoms with E-state index in [2.05, 4.69) is 4.98 Å². The standard InChI is InChI=1S/C23H17NO3/c1-16(25)8-9-17-10-12-18(13-11-17)27-23-15-21(22-7-4-14-26-22)24-20-6-3-2-5-19(20)23/h2-15H,1H3. The van der Waals surface area contributed by atoms with Crippen molar-refractivity contribution >= 4 is 22.8 Å². The van der Waals surface area contributed by atoms with Crippen molar-refractivity contribution in [3.05, 3.63) is 84.6 Å². The minimum Gasteiger partial charge on any atom is -0.463 e. The van der Waals surface area contributed by atoms with Crippen molar-refractivity contribution in [1.82, 2.24) is 4.98 Å². The average Bonchev–Trinajstić information content (AvgIpc) is 3.22. The van der Waals surface area contributed by atoms with Crippen molar-refractivity contribution in [3.63, 3.8) is 0 Å². The number of ether oxygens (including phenoxy) is 1. The second-order valence-electron chi connectivity index (χ2n) is 6.12. The number of allylic oxidation sites excluding steroid dienone is 1. The molecule has 4 nitrogen and oxygen atoms in total. The third kappa shape index (κ3) is 3.80. The first-order valence-electron chi connectivity index (χ1n) is 8.59. The van der Waals surface area contributed by atoms with Crippen LogP contribution in [0.4, 0.5) is 0 Å². The van der Waals surface area contributed by atoms with E-state index < -0.39 is 0 Å². The third-order valence-electron chi connectivity index (χ3n) is 4.07. The van der Waals surface area contributed by atoms with Crippen molar-refractivity contribution in [3.8, 4) is 23.0 Å². The maximum absolute atomic E-state index is 11.1. The predicted octanol–water partition coefficient (Wildman–Crippen LogP) is 5.89. The number of carbonyl (C=O) groups excluding carboxylic acids is 1. The number of nitrogens with zero attached hydrogens (tertiary/aromatic N) is 1. The Balaban J connectivity index is 1.69. The smallest absolute Gasteiger partial charge is 0.152 e. The molecular formula is C23H17NO3. The molecule has 0 bridgehead atoms. The van der Waals surface area contributed by atoms with Gasteiger partial charge in [-0.2, -0.15) is 0 Å². The fourth-order valence-corrected chi connectivity index (χ4v) is 2.77. The summed E-state index contributed by atoms with van der Waals surface area (Å²) in [4.78, 5) is 15.7. The van der Waals surface area contributed by atoms with Crippen LogP contribution in [-0.4, -0.2) is 10.8 Å². The Kier molecular flexibility index (Phi) is 4.54. The second-order valence-corrected chi connectivity index (χ2v) is 6.12.